The van der Waals surface area contributed by atoms with Crippen molar-refractivity contribution < 1.29 is 13.9 Å². The van der Waals surface area contributed by atoms with E-state index in [1.54, 1.807) is 30.1 Å². The van der Waals surface area contributed by atoms with E-state index in [0.29, 0.717) is 41.5 Å². The van der Waals surface area contributed by atoms with Gasteiger partial charge in [0, 0.05) is 43.1 Å². The van der Waals surface area contributed by atoms with E-state index in [-0.39, 0.29) is 11.9 Å². The number of rotatable bonds is 7. The van der Waals surface area contributed by atoms with Gasteiger partial charge in [-0.05, 0) is 56.7 Å². The van der Waals surface area contributed by atoms with Crippen molar-refractivity contribution in [2.45, 2.75) is 38.8 Å². The molecule has 2 aliphatic rings. The molecule has 0 unspecified atom stereocenters. The number of aromatic nitrogens is 4. The van der Waals surface area contributed by atoms with E-state index < -0.39 is 0 Å². The van der Waals surface area contributed by atoms with E-state index in [1.807, 2.05) is 26.0 Å². The molecule has 1 aliphatic heterocycles. The third kappa shape index (κ3) is 4.44. The lowest BCUT2D eigenvalue weighted by molar-refractivity contribution is 0.372. The van der Waals surface area contributed by atoms with Crippen molar-refractivity contribution in [3.8, 4) is 17.6 Å². The molecule has 1 saturated carbocycles. The minimum absolute atomic E-state index is 0.0526. The second-order valence-corrected chi connectivity index (χ2v) is 9.04. The molecule has 9 heteroatoms. The van der Waals surface area contributed by atoms with Crippen molar-refractivity contribution in [3.63, 3.8) is 0 Å². The quantitative estimate of drug-likeness (QED) is 0.565. The smallest absolute Gasteiger partial charge is 0.322 e. The fourth-order valence-electron chi connectivity index (χ4n) is 4.94. The Hall–Kier alpha value is -3.36. The molecule has 3 atom stereocenters. The number of hydrogen-bond donors (Lipinski definition) is 1. The van der Waals surface area contributed by atoms with Crippen molar-refractivity contribution in [1.29, 1.82) is 0 Å². The third-order valence-electron chi connectivity index (χ3n) is 6.52. The summed E-state index contributed by atoms with van der Waals surface area (Å²) >= 11 is 0. The molecule has 2 fully saturated rings. The summed E-state index contributed by atoms with van der Waals surface area (Å²) in [6.07, 6.45) is 4.13. The number of benzene rings is 1. The van der Waals surface area contributed by atoms with Crippen LogP contribution in [0.25, 0.3) is 0 Å². The number of halogens is 1. The van der Waals surface area contributed by atoms with Gasteiger partial charge in [-0.3, -0.25) is 0 Å². The van der Waals surface area contributed by atoms with E-state index in [9.17, 15) is 4.39 Å². The maximum Gasteiger partial charge on any atom is 0.322 e. The van der Waals surface area contributed by atoms with E-state index in [2.05, 4.69) is 25.3 Å². The molecule has 0 amide bonds. The Morgan fingerprint density at radius 1 is 1.12 bits per heavy atom. The molecule has 0 radical (unpaired) electrons. The van der Waals surface area contributed by atoms with Gasteiger partial charge in [-0.15, -0.1) is 5.10 Å². The molecule has 5 rings (SSSR count). The molecule has 1 saturated heterocycles. The number of anilines is 2. The van der Waals surface area contributed by atoms with Crippen LogP contribution in [0.1, 0.15) is 32.7 Å². The minimum atomic E-state index is -0.350. The van der Waals surface area contributed by atoms with Crippen LogP contribution in [0.2, 0.25) is 0 Å². The monoisotopic (exact) mass is 452 g/mol. The predicted octanol–water partition coefficient (Wildman–Crippen LogP) is 4.52. The molecule has 174 valence electrons. The summed E-state index contributed by atoms with van der Waals surface area (Å²) in [6.45, 7) is 5.95. The van der Waals surface area contributed by atoms with Gasteiger partial charge in [-0.1, -0.05) is 6.07 Å². The summed E-state index contributed by atoms with van der Waals surface area (Å²) in [7, 11) is 1.64. The van der Waals surface area contributed by atoms with Gasteiger partial charge in [0.2, 0.25) is 11.8 Å². The average Bonchev–Trinajstić information content (AvgIpc) is 3.29. The number of nitrogens with one attached hydrogen (secondary N) is 1. The highest BCUT2D eigenvalue weighted by Crippen LogP contribution is 2.40. The molecule has 1 aliphatic carbocycles. The summed E-state index contributed by atoms with van der Waals surface area (Å²) in [5.74, 6) is 2.21. The summed E-state index contributed by atoms with van der Waals surface area (Å²) in [4.78, 5) is 11.2. The van der Waals surface area contributed by atoms with Crippen LogP contribution in [0.4, 0.5) is 16.0 Å². The summed E-state index contributed by atoms with van der Waals surface area (Å²) in [5, 5.41) is 8.25. The first-order valence-electron chi connectivity index (χ1n) is 11.4. The Labute approximate surface area is 192 Å². The second-order valence-electron chi connectivity index (χ2n) is 9.04. The lowest BCUT2D eigenvalue weighted by Gasteiger charge is -2.39. The van der Waals surface area contributed by atoms with Gasteiger partial charge in [0.1, 0.15) is 11.6 Å². The second kappa shape index (κ2) is 8.88. The van der Waals surface area contributed by atoms with Crippen molar-refractivity contribution in [2.75, 3.05) is 30.4 Å². The molecule has 3 heterocycles. The molecule has 33 heavy (non-hydrogen) atoms. The molecule has 8 nitrogen and oxygen atoms in total. The van der Waals surface area contributed by atoms with Crippen LogP contribution < -0.4 is 19.7 Å². The summed E-state index contributed by atoms with van der Waals surface area (Å²) < 4.78 is 26.5. The first kappa shape index (κ1) is 21.5. The highest BCUT2D eigenvalue weighted by atomic mass is 19.1. The third-order valence-corrected chi connectivity index (χ3v) is 6.52. The van der Waals surface area contributed by atoms with Gasteiger partial charge in [0.05, 0.1) is 13.2 Å². The number of hydrogen-bond acceptors (Lipinski definition) is 7. The average molecular weight is 453 g/mol. The normalized spacial score (nSPS) is 22.0. The topological polar surface area (TPSA) is 77.3 Å². The van der Waals surface area contributed by atoms with E-state index >= 15 is 0 Å². The number of nitrogens with zero attached hydrogens (tertiary/aromatic N) is 5. The number of pyridine rings is 1. The van der Waals surface area contributed by atoms with Gasteiger partial charge in [0.15, 0.2) is 0 Å². The number of methoxy groups -OCH3 is 1. The Balaban J connectivity index is 1.31. The molecule has 2 aromatic heterocycles. The van der Waals surface area contributed by atoms with E-state index in [4.69, 9.17) is 9.47 Å². The highest BCUT2D eigenvalue weighted by molar-refractivity contribution is 5.49. The highest BCUT2D eigenvalue weighted by Gasteiger charge is 2.42. The predicted molar refractivity (Wildman–Crippen MR) is 124 cm³/mol. The molecular formula is C24H29FN6O2. The Morgan fingerprint density at radius 3 is 2.61 bits per heavy atom. The fraction of sp³-hybridized carbons (Fsp3) is 0.458. The maximum absolute atomic E-state index is 13.6. The zero-order valence-electron chi connectivity index (χ0n) is 19.1. The van der Waals surface area contributed by atoms with Crippen molar-refractivity contribution in [2.24, 2.45) is 11.8 Å². The van der Waals surface area contributed by atoms with Crippen molar-refractivity contribution >= 4 is 11.6 Å². The largest absolute Gasteiger partial charge is 0.481 e. The van der Waals surface area contributed by atoms with Gasteiger partial charge in [0.25, 0.3) is 0 Å². The zero-order valence-corrected chi connectivity index (χ0v) is 19.1. The van der Waals surface area contributed by atoms with Crippen LogP contribution >= 0.6 is 0 Å². The van der Waals surface area contributed by atoms with Crippen LogP contribution in [0.5, 0.6) is 17.6 Å². The lowest BCUT2D eigenvalue weighted by Crippen LogP contribution is -2.48. The molecular weight excluding hydrogens is 423 g/mol. The maximum atomic E-state index is 13.6. The van der Waals surface area contributed by atoms with Gasteiger partial charge < -0.3 is 19.7 Å². The van der Waals surface area contributed by atoms with Gasteiger partial charge >= 0.3 is 6.01 Å². The summed E-state index contributed by atoms with van der Waals surface area (Å²) in [6, 6.07) is 10.8. The van der Waals surface area contributed by atoms with Crippen molar-refractivity contribution in [1.82, 2.24) is 19.7 Å². The van der Waals surface area contributed by atoms with Crippen molar-refractivity contribution in [3.05, 3.63) is 48.4 Å². The van der Waals surface area contributed by atoms with Gasteiger partial charge in [-0.25, -0.2) is 14.1 Å². The van der Waals surface area contributed by atoms with Crippen LogP contribution in [-0.2, 0) is 0 Å². The van der Waals surface area contributed by atoms with E-state index in [1.165, 1.54) is 25.0 Å². The Bertz CT molecular complexity index is 1110. The van der Waals surface area contributed by atoms with Crippen LogP contribution in [-0.4, -0.2) is 46.0 Å². The first-order chi connectivity index (χ1) is 16.0. The molecule has 3 aromatic rings. The zero-order chi connectivity index (χ0) is 22.9. The van der Waals surface area contributed by atoms with Crippen LogP contribution in [0.3, 0.4) is 0 Å². The first-order valence-corrected chi connectivity index (χ1v) is 11.4. The molecule has 2 bridgehead atoms. The van der Waals surface area contributed by atoms with Crippen LogP contribution in [0, 0.1) is 17.7 Å². The fourth-order valence-corrected chi connectivity index (χ4v) is 4.94. The number of piperidine rings is 1. The number of fused-ring (bicyclic) bond motifs is 2. The molecule has 1 aromatic carbocycles. The lowest BCUT2D eigenvalue weighted by atomic mass is 9.92. The van der Waals surface area contributed by atoms with Gasteiger partial charge in [-0.2, -0.15) is 4.98 Å². The van der Waals surface area contributed by atoms with Crippen LogP contribution in [0.15, 0.2) is 42.6 Å². The Morgan fingerprint density at radius 2 is 1.91 bits per heavy atom. The van der Waals surface area contributed by atoms with E-state index in [0.717, 1.165) is 18.8 Å². The molecule has 1 N–H and O–H groups in total. The Kier molecular flexibility index (Phi) is 5.78. The summed E-state index contributed by atoms with van der Waals surface area (Å²) in [5.41, 5.74) is 1.14. The standard InChI is InChI=1S/C24H29FN6O2/c1-15(2)31-24(33-20-6-4-5-18(25)11-20)28-23(29-31)27-22-16-7-8-17(22)14-30(13-16)19-9-10-26-21(12-19)32-3/h4-6,9-12,15-17,22H,7-8,13-14H2,1-3H3,(H,27,29)/t16-,17+,22+. The minimum Gasteiger partial charge on any atom is -0.481 e. The molecule has 0 spiro atoms. The number of ether oxygens (including phenoxy) is 2. The SMILES string of the molecule is COc1cc(N2C[C@H]3CC[C@@H](C2)[C@H]3Nc2nc(Oc3cccc(F)c3)n(C(C)C)n2)ccn1.